The lowest BCUT2D eigenvalue weighted by atomic mass is 9.91. The smallest absolute Gasteiger partial charge is 0.157 e. The molecule has 0 aromatic carbocycles. The van der Waals surface area contributed by atoms with Crippen molar-refractivity contribution in [3.63, 3.8) is 0 Å². The Hall–Kier alpha value is 0.300. The molecule has 0 radical (unpaired) electrons. The molecule has 4 heteroatoms. The molecule has 0 aliphatic carbocycles. The van der Waals surface area contributed by atoms with Gasteiger partial charge in [0.25, 0.3) is 0 Å². The van der Waals surface area contributed by atoms with Crippen molar-refractivity contribution < 1.29 is 9.59 Å². The van der Waals surface area contributed by atoms with Crippen molar-refractivity contribution in [1.82, 2.24) is 0 Å². The fourth-order valence-corrected chi connectivity index (χ4v) is 3.42. The topological polar surface area (TPSA) is 34.1 Å². The molecule has 18 heavy (non-hydrogen) atoms. The highest BCUT2D eigenvalue weighted by atomic mass is 79.9. The van der Waals surface area contributed by atoms with E-state index < -0.39 is 0 Å². The van der Waals surface area contributed by atoms with Gasteiger partial charge in [0, 0.05) is 12.8 Å². The molecule has 0 aromatic heterocycles. The molecular formula is C14H24Br2O2. The zero-order valence-corrected chi connectivity index (χ0v) is 14.6. The number of hydrogen-bond donors (Lipinski definition) is 0. The molecule has 0 rings (SSSR count). The Labute approximate surface area is 128 Å². The van der Waals surface area contributed by atoms with Gasteiger partial charge in [0.1, 0.15) is 5.78 Å². The van der Waals surface area contributed by atoms with Crippen molar-refractivity contribution in [3.8, 4) is 0 Å². The van der Waals surface area contributed by atoms with Gasteiger partial charge < -0.3 is 0 Å². The Morgan fingerprint density at radius 3 is 2.28 bits per heavy atom. The van der Waals surface area contributed by atoms with Crippen LogP contribution < -0.4 is 0 Å². The van der Waals surface area contributed by atoms with Crippen LogP contribution in [0.4, 0.5) is 0 Å². The average Bonchev–Trinajstić information content (AvgIpc) is 2.36. The highest BCUT2D eigenvalue weighted by Gasteiger charge is 2.25. The van der Waals surface area contributed by atoms with Crippen molar-refractivity contribution in [3.05, 3.63) is 0 Å². The third-order valence-corrected chi connectivity index (χ3v) is 4.87. The van der Waals surface area contributed by atoms with Crippen molar-refractivity contribution in [1.29, 1.82) is 0 Å². The van der Waals surface area contributed by atoms with Crippen LogP contribution in [-0.2, 0) is 9.59 Å². The Morgan fingerprint density at radius 2 is 1.78 bits per heavy atom. The number of carbonyl (C=O) groups is 2. The summed E-state index contributed by atoms with van der Waals surface area (Å²) in [6, 6.07) is 0. The van der Waals surface area contributed by atoms with E-state index >= 15 is 0 Å². The van der Waals surface area contributed by atoms with E-state index in [0.717, 1.165) is 32.1 Å². The summed E-state index contributed by atoms with van der Waals surface area (Å²) in [5, 5.41) is 0.354. The molecule has 0 saturated heterocycles. The minimum atomic E-state index is -0.188. The third-order valence-electron chi connectivity index (χ3n) is 3.06. The second kappa shape index (κ2) is 11.2. The van der Waals surface area contributed by atoms with E-state index in [2.05, 4.69) is 45.7 Å². The Balaban J connectivity index is 4.25. The normalized spacial score (nSPS) is 14.2. The number of halogens is 2. The fourth-order valence-electron chi connectivity index (χ4n) is 2.03. The highest BCUT2D eigenvalue weighted by Crippen LogP contribution is 2.25. The van der Waals surface area contributed by atoms with E-state index in [9.17, 15) is 9.59 Å². The van der Waals surface area contributed by atoms with Crippen LogP contribution in [-0.4, -0.2) is 21.7 Å². The summed E-state index contributed by atoms with van der Waals surface area (Å²) in [4.78, 5) is 23.4. The van der Waals surface area contributed by atoms with Crippen LogP contribution >= 0.6 is 31.9 Å². The van der Waals surface area contributed by atoms with Crippen LogP contribution in [0.2, 0.25) is 0 Å². The Bertz CT molecular complexity index is 254. The summed E-state index contributed by atoms with van der Waals surface area (Å²) in [6.07, 6.45) is 6.35. The number of hydrogen-bond acceptors (Lipinski definition) is 2. The largest absolute Gasteiger partial charge is 0.300 e. The molecule has 0 aromatic rings. The molecule has 0 heterocycles. The van der Waals surface area contributed by atoms with Gasteiger partial charge in [-0.3, -0.25) is 9.59 Å². The Kier molecular flexibility index (Phi) is 11.3. The first-order valence-corrected chi connectivity index (χ1v) is 8.84. The molecule has 0 amide bonds. The van der Waals surface area contributed by atoms with Crippen molar-refractivity contribution in [2.45, 2.75) is 63.6 Å². The summed E-state index contributed by atoms with van der Waals surface area (Å²) in [7, 11) is 0. The molecule has 0 spiro atoms. The third kappa shape index (κ3) is 7.67. The first-order chi connectivity index (χ1) is 8.56. The van der Waals surface area contributed by atoms with Crippen LogP contribution in [0.5, 0.6) is 0 Å². The number of unbranched alkanes of at least 4 members (excludes halogenated alkanes) is 2. The van der Waals surface area contributed by atoms with Gasteiger partial charge in [0.05, 0.1) is 10.2 Å². The molecule has 106 valence electrons. The second-order valence-electron chi connectivity index (χ2n) is 4.75. The SMILES string of the molecule is CCCCCC(=O)CC(CCC)C(Br)C(=O)CBr. The van der Waals surface area contributed by atoms with Crippen LogP contribution in [0.1, 0.15) is 58.8 Å². The monoisotopic (exact) mass is 382 g/mol. The molecule has 0 aliphatic rings. The summed E-state index contributed by atoms with van der Waals surface area (Å²) < 4.78 is 0. The van der Waals surface area contributed by atoms with Gasteiger partial charge in [0.15, 0.2) is 5.78 Å². The summed E-state index contributed by atoms with van der Waals surface area (Å²) >= 11 is 6.64. The summed E-state index contributed by atoms with van der Waals surface area (Å²) in [5.41, 5.74) is 0. The molecular weight excluding hydrogens is 360 g/mol. The fraction of sp³-hybridized carbons (Fsp3) is 0.857. The molecule has 2 nitrogen and oxygen atoms in total. The number of Topliss-reactive ketones (excluding diaryl/α,β-unsaturated/α-hetero) is 2. The van der Waals surface area contributed by atoms with Crippen LogP contribution in [0.25, 0.3) is 0 Å². The van der Waals surface area contributed by atoms with E-state index in [-0.39, 0.29) is 16.5 Å². The standard InChI is InChI=1S/C14H24Br2O2/c1-3-5-6-8-12(17)9-11(7-4-2)14(16)13(18)10-15/h11,14H,3-10H2,1-2H3. The van der Waals surface area contributed by atoms with Gasteiger partial charge >= 0.3 is 0 Å². The summed E-state index contributed by atoms with van der Waals surface area (Å²) in [5.74, 6) is 0.581. The highest BCUT2D eigenvalue weighted by molar-refractivity contribution is 9.10. The maximum absolute atomic E-state index is 11.9. The number of ketones is 2. The molecule has 0 bridgehead atoms. The maximum Gasteiger partial charge on any atom is 0.157 e. The van der Waals surface area contributed by atoms with Crippen molar-refractivity contribution in [2.24, 2.45) is 5.92 Å². The van der Waals surface area contributed by atoms with E-state index in [0.29, 0.717) is 24.0 Å². The van der Waals surface area contributed by atoms with Crippen molar-refractivity contribution >= 4 is 43.4 Å². The average molecular weight is 384 g/mol. The van der Waals surface area contributed by atoms with E-state index in [1.54, 1.807) is 0 Å². The van der Waals surface area contributed by atoms with Crippen LogP contribution in [0, 0.1) is 5.92 Å². The van der Waals surface area contributed by atoms with Crippen LogP contribution in [0.3, 0.4) is 0 Å². The van der Waals surface area contributed by atoms with Gasteiger partial charge in [-0.25, -0.2) is 0 Å². The van der Waals surface area contributed by atoms with Gasteiger partial charge in [0.2, 0.25) is 0 Å². The molecule has 2 atom stereocenters. The van der Waals surface area contributed by atoms with Crippen molar-refractivity contribution in [2.75, 3.05) is 5.33 Å². The molecule has 0 aliphatic heterocycles. The number of rotatable bonds is 11. The summed E-state index contributed by atoms with van der Waals surface area (Å²) in [6.45, 7) is 4.22. The number of alkyl halides is 2. The Morgan fingerprint density at radius 1 is 1.11 bits per heavy atom. The first-order valence-electron chi connectivity index (χ1n) is 6.81. The quantitative estimate of drug-likeness (QED) is 0.383. The van der Waals surface area contributed by atoms with E-state index in [1.807, 2.05) is 0 Å². The van der Waals surface area contributed by atoms with Crippen LogP contribution in [0.15, 0.2) is 0 Å². The maximum atomic E-state index is 11.9. The predicted octanol–water partition coefficient (Wildman–Crippen LogP) is 4.67. The first kappa shape index (κ1) is 18.3. The van der Waals surface area contributed by atoms with E-state index in [4.69, 9.17) is 0 Å². The van der Waals surface area contributed by atoms with Gasteiger partial charge in [-0.1, -0.05) is 65.0 Å². The lowest BCUT2D eigenvalue weighted by Crippen LogP contribution is -2.27. The lowest BCUT2D eigenvalue weighted by Gasteiger charge is -2.20. The van der Waals surface area contributed by atoms with Gasteiger partial charge in [-0.05, 0) is 18.8 Å². The second-order valence-corrected chi connectivity index (χ2v) is 6.30. The lowest BCUT2D eigenvalue weighted by molar-refractivity contribution is -0.120. The predicted molar refractivity (Wildman–Crippen MR) is 83.7 cm³/mol. The molecule has 0 N–H and O–H groups in total. The molecule has 0 fully saturated rings. The number of carbonyl (C=O) groups excluding carboxylic acids is 2. The zero-order valence-electron chi connectivity index (χ0n) is 11.4. The van der Waals surface area contributed by atoms with Gasteiger partial charge in [-0.2, -0.15) is 0 Å². The zero-order chi connectivity index (χ0) is 14.0. The molecule has 0 saturated carbocycles. The minimum absolute atomic E-state index is 0.134. The van der Waals surface area contributed by atoms with Gasteiger partial charge in [-0.15, -0.1) is 0 Å². The molecule has 2 unspecified atom stereocenters. The van der Waals surface area contributed by atoms with E-state index in [1.165, 1.54) is 0 Å². The minimum Gasteiger partial charge on any atom is -0.300 e.